The van der Waals surface area contributed by atoms with E-state index in [1.54, 1.807) is 11.0 Å². The molecule has 0 aliphatic rings. The van der Waals surface area contributed by atoms with Crippen LogP contribution >= 0.6 is 11.3 Å². The van der Waals surface area contributed by atoms with E-state index in [9.17, 15) is 4.79 Å². The highest BCUT2D eigenvalue weighted by molar-refractivity contribution is 7.07. The van der Waals surface area contributed by atoms with Crippen molar-refractivity contribution in [2.45, 2.75) is 53.1 Å². The Morgan fingerprint density at radius 2 is 1.91 bits per heavy atom. The van der Waals surface area contributed by atoms with Crippen LogP contribution < -0.4 is 15.7 Å². The van der Waals surface area contributed by atoms with Crippen molar-refractivity contribution >= 4 is 17.4 Å². The smallest absolute Gasteiger partial charge is 0.292 e. The highest BCUT2D eigenvalue weighted by atomic mass is 32.1. The number of carbonyl (C=O) groups excluding carboxylic acids is 1. The van der Waals surface area contributed by atoms with E-state index in [1.165, 1.54) is 16.9 Å². The number of hydrazine groups is 1. The SMILES string of the molecule is CCn1cnc(-c2ccc(C(C)NNC(=O)/N=c3\sccn3-c3cc(C)ccc3C(C)C)cc2)n1. The monoisotopic (exact) mass is 489 g/mol. The number of carbonyl (C=O) groups is 1. The summed E-state index contributed by atoms with van der Waals surface area (Å²) in [4.78, 5) is 21.9. The average molecular weight is 490 g/mol. The number of nitrogens with zero attached hydrogens (tertiary/aromatic N) is 5. The van der Waals surface area contributed by atoms with Crippen LogP contribution in [0.5, 0.6) is 0 Å². The van der Waals surface area contributed by atoms with Crippen molar-refractivity contribution < 1.29 is 4.79 Å². The second-order valence-electron chi connectivity index (χ2n) is 8.73. The molecule has 0 spiro atoms. The van der Waals surface area contributed by atoms with E-state index < -0.39 is 6.03 Å². The summed E-state index contributed by atoms with van der Waals surface area (Å²) in [5.74, 6) is 1.05. The van der Waals surface area contributed by atoms with Gasteiger partial charge in [0.05, 0.1) is 5.69 Å². The highest BCUT2D eigenvalue weighted by Gasteiger charge is 2.12. The van der Waals surface area contributed by atoms with Crippen molar-refractivity contribution in [3.8, 4) is 17.1 Å². The van der Waals surface area contributed by atoms with Gasteiger partial charge in [-0.25, -0.2) is 15.2 Å². The lowest BCUT2D eigenvalue weighted by Crippen LogP contribution is -2.38. The molecule has 0 radical (unpaired) electrons. The maximum atomic E-state index is 12.6. The zero-order valence-electron chi connectivity index (χ0n) is 20.7. The van der Waals surface area contributed by atoms with Crippen LogP contribution in [0.15, 0.2) is 65.4 Å². The molecule has 8 nitrogen and oxygen atoms in total. The van der Waals surface area contributed by atoms with Gasteiger partial charge < -0.3 is 0 Å². The largest absolute Gasteiger partial charge is 0.357 e. The molecule has 0 saturated heterocycles. The molecule has 2 aromatic carbocycles. The van der Waals surface area contributed by atoms with E-state index in [1.807, 2.05) is 54.3 Å². The summed E-state index contributed by atoms with van der Waals surface area (Å²) < 4.78 is 3.77. The van der Waals surface area contributed by atoms with Crippen LogP contribution in [0.25, 0.3) is 17.1 Å². The summed E-state index contributed by atoms with van der Waals surface area (Å²) in [7, 11) is 0. The second-order valence-corrected chi connectivity index (χ2v) is 9.60. The van der Waals surface area contributed by atoms with Gasteiger partial charge >= 0.3 is 6.03 Å². The molecule has 2 amide bonds. The third-order valence-electron chi connectivity index (χ3n) is 5.78. The van der Waals surface area contributed by atoms with Gasteiger partial charge in [0.2, 0.25) is 0 Å². The molecular weight excluding hydrogens is 458 g/mol. The molecule has 0 fully saturated rings. The van der Waals surface area contributed by atoms with Gasteiger partial charge in [-0.2, -0.15) is 10.1 Å². The topological polar surface area (TPSA) is 89.1 Å². The fourth-order valence-corrected chi connectivity index (χ4v) is 4.47. The molecule has 1 atom stereocenters. The summed E-state index contributed by atoms with van der Waals surface area (Å²) in [6.07, 6.45) is 3.68. The van der Waals surface area contributed by atoms with Crippen LogP contribution in [0, 0.1) is 6.92 Å². The van der Waals surface area contributed by atoms with E-state index in [-0.39, 0.29) is 6.04 Å². The van der Waals surface area contributed by atoms with Crippen LogP contribution in [0.3, 0.4) is 0 Å². The fourth-order valence-electron chi connectivity index (χ4n) is 3.76. The van der Waals surface area contributed by atoms with E-state index in [0.29, 0.717) is 16.5 Å². The molecule has 4 rings (SSSR count). The predicted molar refractivity (Wildman–Crippen MR) is 139 cm³/mol. The number of hydrogen-bond acceptors (Lipinski definition) is 5. The first kappa shape index (κ1) is 24.6. The van der Waals surface area contributed by atoms with Gasteiger partial charge in [-0.15, -0.1) is 11.3 Å². The highest BCUT2D eigenvalue weighted by Crippen LogP contribution is 2.24. The third kappa shape index (κ3) is 5.75. The van der Waals surface area contributed by atoms with Gasteiger partial charge in [0.25, 0.3) is 0 Å². The molecule has 4 aromatic rings. The van der Waals surface area contributed by atoms with Gasteiger partial charge in [-0.3, -0.25) is 14.7 Å². The van der Waals surface area contributed by atoms with Crippen LogP contribution in [0.4, 0.5) is 4.79 Å². The number of benzene rings is 2. The first-order chi connectivity index (χ1) is 16.9. The second kappa shape index (κ2) is 10.8. The Hall–Kier alpha value is -3.56. The predicted octanol–water partition coefficient (Wildman–Crippen LogP) is 5.13. The summed E-state index contributed by atoms with van der Waals surface area (Å²) in [5, 5.41) is 6.38. The normalized spacial score (nSPS) is 12.8. The maximum absolute atomic E-state index is 12.6. The zero-order valence-corrected chi connectivity index (χ0v) is 21.5. The molecule has 35 heavy (non-hydrogen) atoms. The van der Waals surface area contributed by atoms with E-state index in [0.717, 1.165) is 28.9 Å². The molecule has 0 aliphatic carbocycles. The summed E-state index contributed by atoms with van der Waals surface area (Å²) in [6.45, 7) is 11.2. The number of thiazole rings is 1. The molecule has 0 saturated carbocycles. The standard InChI is InChI=1S/C26H31N7OS/c1-6-32-16-27-24(31-32)21-10-8-20(9-11-21)19(5)29-30-25(34)28-26-33(13-14-35-26)23-15-18(4)7-12-22(23)17(2)3/h7-17,19,29H,6H2,1-5H3,(H,30,34)/b28-26-. The van der Waals surface area contributed by atoms with Crippen LogP contribution in [0.1, 0.15) is 56.3 Å². The lowest BCUT2D eigenvalue weighted by atomic mass is 9.99. The van der Waals surface area contributed by atoms with Crippen molar-refractivity contribution in [2.24, 2.45) is 4.99 Å². The molecule has 2 N–H and O–H groups in total. The van der Waals surface area contributed by atoms with Crippen LogP contribution in [-0.2, 0) is 6.54 Å². The molecule has 0 bridgehead atoms. The van der Waals surface area contributed by atoms with E-state index >= 15 is 0 Å². The Morgan fingerprint density at radius 3 is 2.60 bits per heavy atom. The summed E-state index contributed by atoms with van der Waals surface area (Å²) in [6, 6.07) is 13.8. The number of hydrogen-bond donors (Lipinski definition) is 2. The number of aromatic nitrogens is 4. The van der Waals surface area contributed by atoms with Gasteiger partial charge in [0.15, 0.2) is 10.6 Å². The van der Waals surface area contributed by atoms with Crippen molar-refractivity contribution in [1.82, 2.24) is 30.2 Å². The van der Waals surface area contributed by atoms with Gasteiger partial charge in [-0.05, 0) is 49.4 Å². The Balaban J connectivity index is 1.44. The number of amides is 2. The molecule has 2 heterocycles. The van der Waals surface area contributed by atoms with E-state index in [4.69, 9.17) is 0 Å². The maximum Gasteiger partial charge on any atom is 0.357 e. The molecule has 9 heteroatoms. The molecule has 182 valence electrons. The summed E-state index contributed by atoms with van der Waals surface area (Å²) in [5.41, 5.74) is 11.2. The molecular formula is C26H31N7OS. The van der Waals surface area contributed by atoms with Gasteiger partial charge in [-0.1, -0.05) is 50.2 Å². The van der Waals surface area contributed by atoms with Crippen molar-refractivity contribution in [3.05, 3.63) is 81.9 Å². The number of rotatable bonds is 7. The molecule has 2 aromatic heterocycles. The Morgan fingerprint density at radius 1 is 1.14 bits per heavy atom. The first-order valence-corrected chi connectivity index (χ1v) is 12.6. The van der Waals surface area contributed by atoms with Gasteiger partial charge in [0, 0.05) is 29.7 Å². The van der Waals surface area contributed by atoms with Gasteiger partial charge in [0.1, 0.15) is 6.33 Å². The van der Waals surface area contributed by atoms with Crippen molar-refractivity contribution in [3.63, 3.8) is 0 Å². The van der Waals surface area contributed by atoms with E-state index in [2.05, 4.69) is 64.9 Å². The number of nitrogens with one attached hydrogen (secondary N) is 2. The lowest BCUT2D eigenvalue weighted by Gasteiger charge is -2.15. The van der Waals surface area contributed by atoms with Crippen LogP contribution in [-0.4, -0.2) is 25.4 Å². The quantitative estimate of drug-likeness (QED) is 0.353. The average Bonchev–Trinajstić information content (AvgIpc) is 3.52. The third-order valence-corrected chi connectivity index (χ3v) is 6.54. The molecule has 0 aliphatic heterocycles. The zero-order chi connectivity index (χ0) is 24.9. The Bertz CT molecular complexity index is 1360. The minimum absolute atomic E-state index is 0.107. The van der Waals surface area contributed by atoms with Crippen LogP contribution in [0.2, 0.25) is 0 Å². The minimum atomic E-state index is -0.447. The number of aryl methyl sites for hydroxylation is 2. The lowest BCUT2D eigenvalue weighted by molar-refractivity contribution is 0.242. The fraction of sp³-hybridized carbons (Fsp3) is 0.308. The van der Waals surface area contributed by atoms with Crippen molar-refractivity contribution in [2.75, 3.05) is 0 Å². The summed E-state index contributed by atoms with van der Waals surface area (Å²) >= 11 is 1.43. The number of urea groups is 1. The van der Waals surface area contributed by atoms with Crippen molar-refractivity contribution in [1.29, 1.82) is 0 Å². The Kier molecular flexibility index (Phi) is 7.57. The first-order valence-electron chi connectivity index (χ1n) is 11.7. The Labute approximate surface area is 209 Å². The minimum Gasteiger partial charge on any atom is -0.292 e. The molecule has 1 unspecified atom stereocenters.